The summed E-state index contributed by atoms with van der Waals surface area (Å²) in [4.78, 5) is 4.30. The summed E-state index contributed by atoms with van der Waals surface area (Å²) < 4.78 is 5.47. The number of hydrogen-bond donors (Lipinski definition) is 0. The monoisotopic (exact) mass is 173 g/mol. The number of allylic oxidation sites excluding steroid dienone is 1. The summed E-state index contributed by atoms with van der Waals surface area (Å²) in [6.07, 6.45) is 4.93. The second-order valence-corrected chi connectivity index (χ2v) is 2.83. The molecule has 0 aliphatic heterocycles. The average Bonchev–Trinajstić information content (AvgIpc) is 2.57. The van der Waals surface area contributed by atoms with E-state index in [-0.39, 0.29) is 0 Å². The van der Waals surface area contributed by atoms with Crippen LogP contribution in [-0.2, 0) is 0 Å². The van der Waals surface area contributed by atoms with E-state index in [1.54, 1.807) is 0 Å². The van der Waals surface area contributed by atoms with Crippen LogP contribution in [0.15, 0.2) is 34.8 Å². The molecule has 0 fully saturated rings. The van der Waals surface area contributed by atoms with E-state index < -0.39 is 0 Å². The molecule has 66 valence electrons. The first-order valence-corrected chi connectivity index (χ1v) is 4.42. The lowest BCUT2D eigenvalue weighted by molar-refractivity contribution is 0.589. The van der Waals surface area contributed by atoms with Crippen LogP contribution in [-0.4, -0.2) is 4.98 Å². The molecule has 0 spiro atoms. The van der Waals surface area contributed by atoms with E-state index in [0.717, 1.165) is 17.5 Å². The number of oxazole rings is 1. The van der Waals surface area contributed by atoms with Crippen LogP contribution in [0.1, 0.15) is 19.2 Å². The SMILES string of the molecule is CC/C=C/c1nc2ccccc2o1. The molecule has 2 nitrogen and oxygen atoms in total. The minimum absolute atomic E-state index is 0.683. The van der Waals surface area contributed by atoms with Crippen molar-refractivity contribution in [3.8, 4) is 0 Å². The lowest BCUT2D eigenvalue weighted by Gasteiger charge is -1.80. The van der Waals surface area contributed by atoms with Crippen LogP contribution < -0.4 is 0 Å². The van der Waals surface area contributed by atoms with Gasteiger partial charge in [-0.2, -0.15) is 0 Å². The molecule has 0 saturated heterocycles. The van der Waals surface area contributed by atoms with Crippen LogP contribution in [0.4, 0.5) is 0 Å². The van der Waals surface area contributed by atoms with Crippen molar-refractivity contribution in [1.29, 1.82) is 0 Å². The van der Waals surface area contributed by atoms with Gasteiger partial charge >= 0.3 is 0 Å². The van der Waals surface area contributed by atoms with Crippen molar-refractivity contribution in [2.24, 2.45) is 0 Å². The fourth-order valence-electron chi connectivity index (χ4n) is 1.18. The van der Waals surface area contributed by atoms with Crippen LogP contribution in [0.5, 0.6) is 0 Å². The molecule has 0 aliphatic rings. The zero-order valence-electron chi connectivity index (χ0n) is 7.53. The molecule has 0 amide bonds. The molecule has 0 saturated carbocycles. The van der Waals surface area contributed by atoms with Gasteiger partial charge in [-0.25, -0.2) is 4.98 Å². The molecule has 2 heteroatoms. The smallest absolute Gasteiger partial charge is 0.219 e. The summed E-state index contributed by atoms with van der Waals surface area (Å²) in [5, 5.41) is 0. The fourth-order valence-corrected chi connectivity index (χ4v) is 1.18. The molecule has 0 bridgehead atoms. The number of hydrogen-bond acceptors (Lipinski definition) is 2. The van der Waals surface area contributed by atoms with Gasteiger partial charge in [-0.3, -0.25) is 0 Å². The molecule has 2 aromatic rings. The number of nitrogens with zero attached hydrogens (tertiary/aromatic N) is 1. The molecule has 2 rings (SSSR count). The summed E-state index contributed by atoms with van der Waals surface area (Å²) >= 11 is 0. The van der Waals surface area contributed by atoms with Crippen LogP contribution in [0.2, 0.25) is 0 Å². The van der Waals surface area contributed by atoms with Crippen LogP contribution in [0.3, 0.4) is 0 Å². The molecule has 1 aromatic carbocycles. The van der Waals surface area contributed by atoms with Gasteiger partial charge in [-0.15, -0.1) is 0 Å². The Kier molecular flexibility index (Phi) is 2.13. The van der Waals surface area contributed by atoms with Gasteiger partial charge in [0, 0.05) is 0 Å². The minimum Gasteiger partial charge on any atom is -0.437 e. The first kappa shape index (κ1) is 8.05. The van der Waals surface area contributed by atoms with Crippen LogP contribution >= 0.6 is 0 Å². The molecule has 0 aliphatic carbocycles. The first-order chi connectivity index (χ1) is 6.40. The van der Waals surface area contributed by atoms with Gasteiger partial charge in [0.2, 0.25) is 5.89 Å². The standard InChI is InChI=1S/C11H11NO/c1-2-3-8-11-12-9-6-4-5-7-10(9)13-11/h3-8H,2H2,1H3/b8-3+. The molecular formula is C11H11NO. The molecule has 0 N–H and O–H groups in total. The molecule has 0 unspecified atom stereocenters. The van der Waals surface area contributed by atoms with Gasteiger partial charge in [0.25, 0.3) is 0 Å². The van der Waals surface area contributed by atoms with Crippen LogP contribution in [0, 0.1) is 0 Å². The number of benzene rings is 1. The Balaban J connectivity index is 2.44. The third kappa shape index (κ3) is 1.61. The van der Waals surface area contributed by atoms with Crippen molar-refractivity contribution < 1.29 is 4.42 Å². The molecule has 1 aromatic heterocycles. The van der Waals surface area contributed by atoms with E-state index in [1.165, 1.54) is 0 Å². The summed E-state index contributed by atoms with van der Waals surface area (Å²) in [6.45, 7) is 2.08. The quantitative estimate of drug-likeness (QED) is 0.696. The predicted octanol–water partition coefficient (Wildman–Crippen LogP) is 3.25. The molecule has 0 radical (unpaired) electrons. The van der Waals surface area contributed by atoms with Gasteiger partial charge in [-0.05, 0) is 24.6 Å². The van der Waals surface area contributed by atoms with Crippen molar-refractivity contribution >= 4 is 17.2 Å². The normalized spacial score (nSPS) is 11.5. The number of para-hydroxylation sites is 2. The number of aromatic nitrogens is 1. The minimum atomic E-state index is 0.683. The van der Waals surface area contributed by atoms with Crippen molar-refractivity contribution in [2.75, 3.05) is 0 Å². The lowest BCUT2D eigenvalue weighted by Crippen LogP contribution is -1.67. The summed E-state index contributed by atoms with van der Waals surface area (Å²) in [6, 6.07) is 7.77. The zero-order valence-corrected chi connectivity index (χ0v) is 7.53. The third-order valence-corrected chi connectivity index (χ3v) is 1.81. The van der Waals surface area contributed by atoms with Gasteiger partial charge in [0.1, 0.15) is 5.52 Å². The van der Waals surface area contributed by atoms with E-state index in [2.05, 4.69) is 11.9 Å². The van der Waals surface area contributed by atoms with Gasteiger partial charge in [0.15, 0.2) is 5.58 Å². The second-order valence-electron chi connectivity index (χ2n) is 2.83. The Morgan fingerprint density at radius 2 is 2.23 bits per heavy atom. The lowest BCUT2D eigenvalue weighted by atomic mass is 10.3. The highest BCUT2D eigenvalue weighted by molar-refractivity contribution is 5.73. The Morgan fingerprint density at radius 3 is 3.00 bits per heavy atom. The molecule has 13 heavy (non-hydrogen) atoms. The van der Waals surface area contributed by atoms with Crippen LogP contribution in [0.25, 0.3) is 17.2 Å². The summed E-state index contributed by atoms with van der Waals surface area (Å²) in [7, 11) is 0. The van der Waals surface area contributed by atoms with E-state index >= 15 is 0 Å². The van der Waals surface area contributed by atoms with Crippen molar-refractivity contribution in [3.63, 3.8) is 0 Å². The Hall–Kier alpha value is -1.57. The highest BCUT2D eigenvalue weighted by atomic mass is 16.3. The molecule has 0 atom stereocenters. The van der Waals surface area contributed by atoms with E-state index in [1.807, 2.05) is 36.4 Å². The van der Waals surface area contributed by atoms with Crippen molar-refractivity contribution in [2.45, 2.75) is 13.3 Å². The summed E-state index contributed by atoms with van der Waals surface area (Å²) in [5.41, 5.74) is 1.76. The molecule has 1 heterocycles. The Labute approximate surface area is 76.9 Å². The number of rotatable bonds is 2. The van der Waals surface area contributed by atoms with E-state index in [0.29, 0.717) is 5.89 Å². The van der Waals surface area contributed by atoms with Gasteiger partial charge in [-0.1, -0.05) is 25.1 Å². The number of fused-ring (bicyclic) bond motifs is 1. The van der Waals surface area contributed by atoms with Gasteiger partial charge < -0.3 is 4.42 Å². The summed E-state index contributed by atoms with van der Waals surface area (Å²) in [5.74, 6) is 0.683. The second kappa shape index (κ2) is 3.44. The maximum atomic E-state index is 5.47. The van der Waals surface area contributed by atoms with Gasteiger partial charge in [0.05, 0.1) is 0 Å². The zero-order chi connectivity index (χ0) is 9.10. The largest absolute Gasteiger partial charge is 0.437 e. The Bertz CT molecular complexity index is 395. The third-order valence-electron chi connectivity index (χ3n) is 1.81. The first-order valence-electron chi connectivity index (χ1n) is 4.42. The van der Waals surface area contributed by atoms with E-state index in [4.69, 9.17) is 4.42 Å². The maximum Gasteiger partial charge on any atom is 0.219 e. The highest BCUT2D eigenvalue weighted by Gasteiger charge is 1.99. The van der Waals surface area contributed by atoms with Crippen molar-refractivity contribution in [3.05, 3.63) is 36.2 Å². The topological polar surface area (TPSA) is 26.0 Å². The van der Waals surface area contributed by atoms with Crippen molar-refractivity contribution in [1.82, 2.24) is 4.98 Å². The average molecular weight is 173 g/mol. The Morgan fingerprint density at radius 1 is 1.38 bits per heavy atom. The van der Waals surface area contributed by atoms with E-state index in [9.17, 15) is 0 Å². The molecular weight excluding hydrogens is 162 g/mol. The maximum absolute atomic E-state index is 5.47. The highest BCUT2D eigenvalue weighted by Crippen LogP contribution is 2.15. The fraction of sp³-hybridized carbons (Fsp3) is 0.182. The predicted molar refractivity (Wildman–Crippen MR) is 53.3 cm³/mol.